The van der Waals surface area contributed by atoms with Crippen molar-refractivity contribution in [3.8, 4) is 17.3 Å². The average Bonchev–Trinajstić information content (AvgIpc) is 3.37. The van der Waals surface area contributed by atoms with Crippen LogP contribution in [-0.2, 0) is 0 Å². The molecule has 0 unspecified atom stereocenters. The first-order valence-corrected chi connectivity index (χ1v) is 9.01. The first-order chi connectivity index (χ1) is 13.2. The Bertz CT molecular complexity index is 1010. The third kappa shape index (κ3) is 3.75. The van der Waals surface area contributed by atoms with Crippen LogP contribution in [0.3, 0.4) is 0 Å². The molecule has 5 heteroatoms. The minimum absolute atomic E-state index is 0.249. The van der Waals surface area contributed by atoms with Crippen LogP contribution in [0.15, 0.2) is 48.7 Å². The lowest BCUT2D eigenvalue weighted by atomic mass is 10.1. The van der Waals surface area contributed by atoms with Crippen molar-refractivity contribution in [1.82, 2.24) is 9.97 Å². The molecule has 0 atom stereocenters. The van der Waals surface area contributed by atoms with Gasteiger partial charge in [0.1, 0.15) is 17.7 Å². The molecule has 0 radical (unpaired) electrons. The predicted molar refractivity (Wildman–Crippen MR) is 106 cm³/mol. The molecule has 27 heavy (non-hydrogen) atoms. The molecule has 0 saturated carbocycles. The third-order valence-electron chi connectivity index (χ3n) is 4.75. The largest absolute Gasteiger partial charge is 0.357 e. The zero-order chi connectivity index (χ0) is 18.6. The number of anilines is 1. The maximum absolute atomic E-state index is 13.0. The Kier molecular flexibility index (Phi) is 4.71. The van der Waals surface area contributed by atoms with Crippen LogP contribution in [0.1, 0.15) is 29.7 Å². The molecule has 4 nitrogen and oxygen atoms in total. The average molecular weight is 358 g/mol. The fraction of sp³-hybridized carbons (Fsp3) is 0.182. The molecule has 0 aliphatic carbocycles. The lowest BCUT2D eigenvalue weighted by Crippen LogP contribution is -2.18. The second-order valence-corrected chi connectivity index (χ2v) is 6.61. The van der Waals surface area contributed by atoms with Gasteiger partial charge in [0.05, 0.1) is 11.3 Å². The van der Waals surface area contributed by atoms with Crippen LogP contribution in [0.25, 0.3) is 23.4 Å². The standard InChI is InChI=1S/C22H19FN4/c23-19-6-3-16(4-7-19)5-8-20-13-17(9-10-25-20)21-14-18(15-24)22(26-21)27-11-1-2-12-27/h3-10,13-14,26H,1-2,11-12H2. The van der Waals surface area contributed by atoms with Crippen molar-refractivity contribution in [3.63, 3.8) is 0 Å². The third-order valence-corrected chi connectivity index (χ3v) is 4.75. The molecular formula is C22H19FN4. The quantitative estimate of drug-likeness (QED) is 0.725. The summed E-state index contributed by atoms with van der Waals surface area (Å²) in [6, 6.07) is 14.4. The minimum atomic E-state index is -0.249. The fourth-order valence-electron chi connectivity index (χ4n) is 3.34. The molecule has 134 valence electrons. The molecule has 0 bridgehead atoms. The van der Waals surface area contributed by atoms with Gasteiger partial charge in [-0.05, 0) is 54.8 Å². The summed E-state index contributed by atoms with van der Waals surface area (Å²) in [5.41, 5.74) is 4.27. The van der Waals surface area contributed by atoms with Crippen LogP contribution in [0.4, 0.5) is 10.2 Å². The number of pyridine rings is 1. The Morgan fingerprint density at radius 3 is 2.59 bits per heavy atom. The number of rotatable bonds is 4. The summed E-state index contributed by atoms with van der Waals surface area (Å²) in [6.07, 6.45) is 7.87. The highest BCUT2D eigenvalue weighted by atomic mass is 19.1. The van der Waals surface area contributed by atoms with E-state index in [9.17, 15) is 9.65 Å². The van der Waals surface area contributed by atoms with E-state index in [-0.39, 0.29) is 5.82 Å². The highest BCUT2D eigenvalue weighted by Gasteiger charge is 2.19. The number of nitrogens with one attached hydrogen (secondary N) is 1. The summed E-state index contributed by atoms with van der Waals surface area (Å²) in [4.78, 5) is 10.0. The predicted octanol–water partition coefficient (Wildman–Crippen LogP) is 4.86. The number of hydrogen-bond acceptors (Lipinski definition) is 3. The fourth-order valence-corrected chi connectivity index (χ4v) is 3.34. The molecule has 1 aliphatic rings. The molecule has 0 spiro atoms. The molecule has 1 saturated heterocycles. The van der Waals surface area contributed by atoms with Gasteiger partial charge in [0.25, 0.3) is 0 Å². The SMILES string of the molecule is N#Cc1cc(-c2ccnc(C=Cc3ccc(F)cc3)c2)[nH]c1N1CCCC1. The van der Waals surface area contributed by atoms with Gasteiger partial charge in [0.2, 0.25) is 0 Å². The van der Waals surface area contributed by atoms with Gasteiger partial charge in [-0.2, -0.15) is 5.26 Å². The molecule has 2 aromatic heterocycles. The van der Waals surface area contributed by atoms with E-state index < -0.39 is 0 Å². The van der Waals surface area contributed by atoms with Gasteiger partial charge < -0.3 is 9.88 Å². The van der Waals surface area contributed by atoms with Gasteiger partial charge in [0, 0.05) is 30.5 Å². The van der Waals surface area contributed by atoms with E-state index in [4.69, 9.17) is 0 Å². The normalized spacial score (nSPS) is 14.0. The Morgan fingerprint density at radius 2 is 1.85 bits per heavy atom. The van der Waals surface area contributed by atoms with Gasteiger partial charge in [-0.15, -0.1) is 0 Å². The molecule has 1 N–H and O–H groups in total. The number of aromatic nitrogens is 2. The molecule has 3 aromatic rings. The summed E-state index contributed by atoms with van der Waals surface area (Å²) >= 11 is 0. The van der Waals surface area contributed by atoms with Gasteiger partial charge in [-0.3, -0.25) is 4.98 Å². The van der Waals surface area contributed by atoms with E-state index in [1.54, 1.807) is 18.3 Å². The van der Waals surface area contributed by atoms with Crippen LogP contribution in [0.5, 0.6) is 0 Å². The minimum Gasteiger partial charge on any atom is -0.357 e. The van der Waals surface area contributed by atoms with Crippen LogP contribution in [-0.4, -0.2) is 23.1 Å². The van der Waals surface area contributed by atoms with Crippen LogP contribution in [0, 0.1) is 17.1 Å². The summed E-state index contributed by atoms with van der Waals surface area (Å²) < 4.78 is 13.0. The number of H-pyrrole nitrogens is 1. The van der Waals surface area contributed by atoms with Gasteiger partial charge in [0.15, 0.2) is 0 Å². The molecule has 1 aromatic carbocycles. The van der Waals surface area contributed by atoms with E-state index in [0.717, 1.165) is 54.3 Å². The summed E-state index contributed by atoms with van der Waals surface area (Å²) in [5.74, 6) is 0.659. The first-order valence-electron chi connectivity index (χ1n) is 9.01. The zero-order valence-electron chi connectivity index (χ0n) is 14.8. The topological polar surface area (TPSA) is 55.7 Å². The van der Waals surface area contributed by atoms with Crippen molar-refractivity contribution >= 4 is 18.0 Å². The lowest BCUT2D eigenvalue weighted by Gasteiger charge is -2.15. The van der Waals surface area contributed by atoms with Crippen LogP contribution in [0.2, 0.25) is 0 Å². The highest BCUT2D eigenvalue weighted by molar-refractivity contribution is 5.73. The lowest BCUT2D eigenvalue weighted by molar-refractivity contribution is 0.628. The highest BCUT2D eigenvalue weighted by Crippen LogP contribution is 2.29. The number of benzene rings is 1. The van der Waals surface area contributed by atoms with Gasteiger partial charge >= 0.3 is 0 Å². The maximum Gasteiger partial charge on any atom is 0.124 e. The van der Waals surface area contributed by atoms with Gasteiger partial charge in [-0.1, -0.05) is 18.2 Å². The van der Waals surface area contributed by atoms with Crippen molar-refractivity contribution in [3.05, 3.63) is 71.3 Å². The summed E-state index contributed by atoms with van der Waals surface area (Å²) in [7, 11) is 0. The Morgan fingerprint density at radius 1 is 1.07 bits per heavy atom. The number of halogens is 1. The molecular weight excluding hydrogens is 339 g/mol. The Hall–Kier alpha value is -3.39. The maximum atomic E-state index is 13.0. The number of aromatic amines is 1. The van der Waals surface area contributed by atoms with Crippen molar-refractivity contribution in [2.75, 3.05) is 18.0 Å². The van der Waals surface area contributed by atoms with E-state index in [0.29, 0.717) is 5.56 Å². The summed E-state index contributed by atoms with van der Waals surface area (Å²) in [5, 5.41) is 9.48. The smallest absolute Gasteiger partial charge is 0.124 e. The van der Waals surface area contributed by atoms with Crippen molar-refractivity contribution in [2.24, 2.45) is 0 Å². The van der Waals surface area contributed by atoms with Crippen molar-refractivity contribution in [1.29, 1.82) is 5.26 Å². The van der Waals surface area contributed by atoms with Crippen LogP contribution >= 0.6 is 0 Å². The molecule has 3 heterocycles. The molecule has 0 amide bonds. The second kappa shape index (κ2) is 7.46. The molecule has 1 aliphatic heterocycles. The second-order valence-electron chi connectivity index (χ2n) is 6.61. The monoisotopic (exact) mass is 358 g/mol. The Labute approximate surface area is 157 Å². The van der Waals surface area contributed by atoms with Gasteiger partial charge in [-0.25, -0.2) is 4.39 Å². The number of nitrogens with zero attached hydrogens (tertiary/aromatic N) is 3. The zero-order valence-corrected chi connectivity index (χ0v) is 14.8. The van der Waals surface area contributed by atoms with E-state index >= 15 is 0 Å². The first kappa shape index (κ1) is 17.0. The summed E-state index contributed by atoms with van der Waals surface area (Å²) in [6.45, 7) is 1.97. The van der Waals surface area contributed by atoms with E-state index in [2.05, 4.69) is 20.9 Å². The number of nitriles is 1. The Balaban J connectivity index is 1.61. The number of hydrogen-bond donors (Lipinski definition) is 1. The molecule has 1 fully saturated rings. The van der Waals surface area contributed by atoms with Crippen molar-refractivity contribution < 1.29 is 4.39 Å². The van der Waals surface area contributed by atoms with Crippen molar-refractivity contribution in [2.45, 2.75) is 12.8 Å². The van der Waals surface area contributed by atoms with E-state index in [1.807, 2.05) is 30.4 Å². The molecule has 4 rings (SSSR count). The van der Waals surface area contributed by atoms with Crippen LogP contribution < -0.4 is 4.90 Å². The van der Waals surface area contributed by atoms with E-state index in [1.165, 1.54) is 12.1 Å².